The smallest absolute Gasteiger partial charge is 0.0685 e. The lowest BCUT2D eigenvalue weighted by atomic mass is 9.71. The highest BCUT2D eigenvalue weighted by Crippen LogP contribution is 2.43. The Morgan fingerprint density at radius 2 is 2.00 bits per heavy atom. The van der Waals surface area contributed by atoms with Gasteiger partial charge in [0.05, 0.1) is 11.7 Å². The van der Waals surface area contributed by atoms with Crippen molar-refractivity contribution in [3.8, 4) is 0 Å². The molecule has 1 aliphatic carbocycles. The first-order valence-electron chi connectivity index (χ1n) is 7.49. The second-order valence-corrected chi connectivity index (χ2v) is 6.16. The Bertz CT molecular complexity index is 226. The number of hydrogen-bond donors (Lipinski definition) is 1. The molecule has 0 amide bonds. The Morgan fingerprint density at radius 1 is 1.29 bits per heavy atom. The number of ether oxygens (including phenoxy) is 1. The lowest BCUT2D eigenvalue weighted by Gasteiger charge is -2.46. The third-order valence-electron chi connectivity index (χ3n) is 4.99. The summed E-state index contributed by atoms with van der Waals surface area (Å²) < 4.78 is 6.13. The van der Waals surface area contributed by atoms with Crippen LogP contribution in [0, 0.1) is 11.8 Å². The molecule has 0 aromatic carbocycles. The van der Waals surface area contributed by atoms with Crippen LogP contribution >= 0.6 is 0 Å². The fourth-order valence-electron chi connectivity index (χ4n) is 4.04. The van der Waals surface area contributed by atoms with Crippen molar-refractivity contribution in [2.45, 2.75) is 76.9 Å². The number of hydrogen-bond acceptors (Lipinski definition) is 2. The van der Waals surface area contributed by atoms with E-state index in [1.807, 2.05) is 6.92 Å². The molecule has 2 heteroatoms. The van der Waals surface area contributed by atoms with Crippen molar-refractivity contribution in [2.75, 3.05) is 6.61 Å². The molecule has 1 saturated carbocycles. The maximum atomic E-state index is 9.91. The minimum Gasteiger partial charge on any atom is -0.393 e. The third kappa shape index (κ3) is 3.03. The van der Waals surface area contributed by atoms with Crippen LogP contribution in [0.3, 0.4) is 0 Å². The minimum absolute atomic E-state index is 0.163. The van der Waals surface area contributed by atoms with E-state index in [2.05, 4.69) is 6.92 Å². The molecule has 100 valence electrons. The molecule has 1 saturated heterocycles. The Kier molecular flexibility index (Phi) is 4.48. The summed E-state index contributed by atoms with van der Waals surface area (Å²) in [7, 11) is 0. The average Bonchev–Trinajstić information content (AvgIpc) is 2.30. The van der Waals surface area contributed by atoms with Crippen molar-refractivity contribution >= 4 is 0 Å². The highest BCUT2D eigenvalue weighted by atomic mass is 16.5. The first-order valence-corrected chi connectivity index (χ1v) is 7.49. The largest absolute Gasteiger partial charge is 0.393 e. The van der Waals surface area contributed by atoms with E-state index in [0.29, 0.717) is 11.8 Å². The summed E-state index contributed by atoms with van der Waals surface area (Å²) in [5, 5.41) is 9.91. The highest BCUT2D eigenvalue weighted by molar-refractivity contribution is 4.92. The van der Waals surface area contributed by atoms with Crippen LogP contribution in [-0.4, -0.2) is 23.4 Å². The lowest BCUT2D eigenvalue weighted by molar-refractivity contribution is -0.131. The van der Waals surface area contributed by atoms with Crippen LogP contribution in [0.25, 0.3) is 0 Å². The fourth-order valence-corrected chi connectivity index (χ4v) is 4.04. The van der Waals surface area contributed by atoms with Gasteiger partial charge in [-0.15, -0.1) is 0 Å². The monoisotopic (exact) mass is 240 g/mol. The quantitative estimate of drug-likeness (QED) is 0.818. The summed E-state index contributed by atoms with van der Waals surface area (Å²) in [5.74, 6) is 1.14. The average molecular weight is 240 g/mol. The van der Waals surface area contributed by atoms with Gasteiger partial charge in [-0.2, -0.15) is 0 Å². The van der Waals surface area contributed by atoms with Crippen molar-refractivity contribution < 1.29 is 9.84 Å². The zero-order valence-electron chi connectivity index (χ0n) is 11.5. The van der Waals surface area contributed by atoms with E-state index in [0.717, 1.165) is 19.4 Å². The molecule has 2 fully saturated rings. The van der Waals surface area contributed by atoms with Crippen LogP contribution in [-0.2, 0) is 4.74 Å². The van der Waals surface area contributed by atoms with Gasteiger partial charge in [0.15, 0.2) is 0 Å². The molecule has 0 aromatic rings. The van der Waals surface area contributed by atoms with E-state index < -0.39 is 0 Å². The zero-order chi connectivity index (χ0) is 12.3. The molecule has 2 aliphatic rings. The normalized spacial score (nSPS) is 32.3. The van der Waals surface area contributed by atoms with E-state index >= 15 is 0 Å². The van der Waals surface area contributed by atoms with Gasteiger partial charge in [-0.25, -0.2) is 0 Å². The standard InChI is InChI=1S/C15H28O2/c1-3-14(12(2)16)13-7-10-17-15(11-13)8-5-4-6-9-15/h12-14,16H,3-11H2,1-2H3. The van der Waals surface area contributed by atoms with Gasteiger partial charge in [-0.05, 0) is 44.4 Å². The van der Waals surface area contributed by atoms with Crippen molar-refractivity contribution in [3.63, 3.8) is 0 Å². The van der Waals surface area contributed by atoms with Gasteiger partial charge in [-0.1, -0.05) is 32.6 Å². The molecule has 1 heterocycles. The van der Waals surface area contributed by atoms with Crippen molar-refractivity contribution in [2.24, 2.45) is 11.8 Å². The maximum Gasteiger partial charge on any atom is 0.0685 e. The number of aliphatic hydroxyl groups is 1. The topological polar surface area (TPSA) is 29.5 Å². The molecule has 0 bridgehead atoms. The second kappa shape index (κ2) is 5.71. The molecule has 3 atom stereocenters. The van der Waals surface area contributed by atoms with Crippen LogP contribution in [0.2, 0.25) is 0 Å². The molecular weight excluding hydrogens is 212 g/mol. The first-order chi connectivity index (χ1) is 8.17. The number of rotatable bonds is 3. The Hall–Kier alpha value is -0.0800. The molecule has 2 nitrogen and oxygen atoms in total. The van der Waals surface area contributed by atoms with Gasteiger partial charge in [-0.3, -0.25) is 0 Å². The van der Waals surface area contributed by atoms with Crippen LogP contribution in [0.15, 0.2) is 0 Å². The van der Waals surface area contributed by atoms with Gasteiger partial charge in [0.25, 0.3) is 0 Å². The molecule has 1 spiro atoms. The van der Waals surface area contributed by atoms with E-state index in [9.17, 15) is 5.11 Å². The van der Waals surface area contributed by atoms with Crippen LogP contribution < -0.4 is 0 Å². The predicted octanol–water partition coefficient (Wildman–Crippen LogP) is 3.52. The van der Waals surface area contributed by atoms with E-state index in [1.54, 1.807) is 0 Å². The molecule has 0 radical (unpaired) electrons. The third-order valence-corrected chi connectivity index (χ3v) is 4.99. The Labute approximate surface area is 106 Å². The van der Waals surface area contributed by atoms with Crippen LogP contribution in [0.4, 0.5) is 0 Å². The van der Waals surface area contributed by atoms with Gasteiger partial charge in [0.1, 0.15) is 0 Å². The summed E-state index contributed by atoms with van der Waals surface area (Å²) in [6, 6.07) is 0. The molecule has 2 rings (SSSR count). The van der Waals surface area contributed by atoms with Gasteiger partial charge in [0.2, 0.25) is 0 Å². The van der Waals surface area contributed by atoms with E-state index in [1.165, 1.54) is 38.5 Å². The summed E-state index contributed by atoms with van der Waals surface area (Å²) >= 11 is 0. The van der Waals surface area contributed by atoms with Crippen LogP contribution in [0.1, 0.15) is 65.2 Å². The van der Waals surface area contributed by atoms with E-state index in [-0.39, 0.29) is 11.7 Å². The molecule has 1 aliphatic heterocycles. The maximum absolute atomic E-state index is 9.91. The summed E-state index contributed by atoms with van der Waals surface area (Å²) in [4.78, 5) is 0. The van der Waals surface area contributed by atoms with Crippen molar-refractivity contribution in [1.29, 1.82) is 0 Å². The van der Waals surface area contributed by atoms with Gasteiger partial charge in [0, 0.05) is 6.61 Å². The summed E-state index contributed by atoms with van der Waals surface area (Å²) in [5.41, 5.74) is 0.184. The fraction of sp³-hybridized carbons (Fsp3) is 1.00. The second-order valence-electron chi connectivity index (χ2n) is 6.16. The first kappa shape index (κ1) is 13.4. The molecule has 17 heavy (non-hydrogen) atoms. The Balaban J connectivity index is 2.00. The van der Waals surface area contributed by atoms with Crippen molar-refractivity contribution in [3.05, 3.63) is 0 Å². The Morgan fingerprint density at radius 3 is 2.59 bits per heavy atom. The molecule has 0 aromatic heterocycles. The van der Waals surface area contributed by atoms with Crippen molar-refractivity contribution in [1.82, 2.24) is 0 Å². The van der Waals surface area contributed by atoms with Gasteiger partial charge < -0.3 is 9.84 Å². The van der Waals surface area contributed by atoms with Gasteiger partial charge >= 0.3 is 0 Å². The molecular formula is C15H28O2. The lowest BCUT2D eigenvalue weighted by Crippen LogP contribution is -2.44. The molecule has 3 unspecified atom stereocenters. The number of aliphatic hydroxyl groups excluding tert-OH is 1. The summed E-state index contributed by atoms with van der Waals surface area (Å²) in [6.45, 7) is 5.07. The molecule has 1 N–H and O–H groups in total. The van der Waals surface area contributed by atoms with E-state index in [4.69, 9.17) is 4.74 Å². The minimum atomic E-state index is -0.163. The SMILES string of the molecule is CCC(C(C)O)C1CCOC2(CCCCC2)C1. The van der Waals surface area contributed by atoms with Crippen LogP contribution in [0.5, 0.6) is 0 Å². The highest BCUT2D eigenvalue weighted by Gasteiger charge is 2.41. The summed E-state index contributed by atoms with van der Waals surface area (Å²) in [6.07, 6.45) is 9.81. The predicted molar refractivity (Wildman–Crippen MR) is 70.0 cm³/mol. The zero-order valence-corrected chi connectivity index (χ0v) is 11.5.